The van der Waals surface area contributed by atoms with E-state index in [0.29, 0.717) is 19.0 Å². The van der Waals surface area contributed by atoms with Gasteiger partial charge in [0.25, 0.3) is 0 Å². The van der Waals surface area contributed by atoms with E-state index >= 15 is 0 Å². The molecule has 24 heavy (non-hydrogen) atoms. The number of amides is 1. The molecule has 0 saturated carbocycles. The first-order chi connectivity index (χ1) is 11.2. The van der Waals surface area contributed by atoms with Crippen molar-refractivity contribution in [2.45, 2.75) is 32.9 Å². The Hall–Kier alpha value is -1.54. The SMILES string of the molecule is CCC(CC)(CN)C(=O)NCCOc1ncc(C(F)(F)F)cc1Cl. The summed E-state index contributed by atoms with van der Waals surface area (Å²) in [5.74, 6) is -0.292. The predicted molar refractivity (Wildman–Crippen MR) is 84.8 cm³/mol. The molecule has 0 unspecified atom stereocenters. The van der Waals surface area contributed by atoms with Gasteiger partial charge in [-0.2, -0.15) is 13.2 Å². The fourth-order valence-electron chi connectivity index (χ4n) is 2.14. The third kappa shape index (κ3) is 4.98. The number of halogens is 4. The molecule has 0 bridgehead atoms. The minimum absolute atomic E-state index is 0.0257. The number of carbonyl (C=O) groups excluding carboxylic acids is 1. The van der Waals surface area contributed by atoms with Crippen LogP contribution in [0.1, 0.15) is 32.3 Å². The summed E-state index contributed by atoms with van der Waals surface area (Å²) in [5, 5.41) is 2.47. The number of pyridine rings is 1. The first kappa shape index (κ1) is 20.5. The largest absolute Gasteiger partial charge is 0.475 e. The molecular formula is C15H21ClF3N3O2. The Morgan fingerprint density at radius 2 is 2.00 bits per heavy atom. The van der Waals surface area contributed by atoms with Crippen LogP contribution in [-0.4, -0.2) is 30.6 Å². The van der Waals surface area contributed by atoms with Crippen LogP contribution < -0.4 is 15.8 Å². The summed E-state index contributed by atoms with van der Waals surface area (Å²) in [6, 6.07) is 0.746. The monoisotopic (exact) mass is 367 g/mol. The summed E-state index contributed by atoms with van der Waals surface area (Å²) in [4.78, 5) is 15.7. The Morgan fingerprint density at radius 1 is 1.38 bits per heavy atom. The van der Waals surface area contributed by atoms with Gasteiger partial charge in [-0.15, -0.1) is 0 Å². The molecule has 0 aliphatic rings. The van der Waals surface area contributed by atoms with Crippen LogP contribution in [0.4, 0.5) is 13.2 Å². The number of hydrogen-bond donors (Lipinski definition) is 2. The average Bonchev–Trinajstić information content (AvgIpc) is 2.54. The van der Waals surface area contributed by atoms with E-state index in [4.69, 9.17) is 22.1 Å². The maximum absolute atomic E-state index is 12.5. The molecule has 0 radical (unpaired) electrons. The van der Waals surface area contributed by atoms with Gasteiger partial charge in [0.05, 0.1) is 17.5 Å². The maximum Gasteiger partial charge on any atom is 0.417 e. The van der Waals surface area contributed by atoms with Crippen molar-refractivity contribution in [3.8, 4) is 5.88 Å². The van der Waals surface area contributed by atoms with E-state index < -0.39 is 17.2 Å². The fourth-order valence-corrected chi connectivity index (χ4v) is 2.36. The quantitative estimate of drug-likeness (QED) is 0.692. The van der Waals surface area contributed by atoms with Crippen molar-refractivity contribution in [2.75, 3.05) is 19.7 Å². The van der Waals surface area contributed by atoms with E-state index in [1.807, 2.05) is 13.8 Å². The van der Waals surface area contributed by atoms with Gasteiger partial charge in [-0.05, 0) is 18.9 Å². The second-order valence-corrected chi connectivity index (χ2v) is 5.71. The van der Waals surface area contributed by atoms with Crippen LogP contribution in [0.15, 0.2) is 12.3 Å². The van der Waals surface area contributed by atoms with Gasteiger partial charge >= 0.3 is 6.18 Å². The van der Waals surface area contributed by atoms with Crippen LogP contribution >= 0.6 is 11.6 Å². The summed E-state index contributed by atoms with van der Waals surface area (Å²) in [7, 11) is 0. The highest BCUT2D eigenvalue weighted by Crippen LogP contribution is 2.33. The number of nitrogens with two attached hydrogens (primary N) is 1. The molecule has 1 heterocycles. The summed E-state index contributed by atoms with van der Waals surface area (Å²) in [5.41, 5.74) is 4.11. The van der Waals surface area contributed by atoms with Crippen LogP contribution in [0.5, 0.6) is 5.88 Å². The lowest BCUT2D eigenvalue weighted by atomic mass is 9.81. The number of aromatic nitrogens is 1. The Bertz CT molecular complexity index is 555. The van der Waals surface area contributed by atoms with Crippen LogP contribution in [0.25, 0.3) is 0 Å². The molecule has 0 aliphatic heterocycles. The number of rotatable bonds is 8. The van der Waals surface area contributed by atoms with Gasteiger partial charge in [0.2, 0.25) is 11.8 Å². The van der Waals surface area contributed by atoms with Crippen molar-refractivity contribution in [1.82, 2.24) is 10.3 Å². The van der Waals surface area contributed by atoms with Gasteiger partial charge in [-0.3, -0.25) is 4.79 Å². The lowest BCUT2D eigenvalue weighted by Crippen LogP contribution is -2.46. The first-order valence-electron chi connectivity index (χ1n) is 7.54. The zero-order chi connectivity index (χ0) is 18.4. The number of alkyl halides is 3. The molecule has 5 nitrogen and oxygen atoms in total. The molecule has 1 rings (SSSR count). The lowest BCUT2D eigenvalue weighted by molar-refractivity contribution is -0.138. The molecule has 1 aromatic rings. The fraction of sp³-hybridized carbons (Fsp3) is 0.600. The van der Waals surface area contributed by atoms with Crippen LogP contribution in [0.2, 0.25) is 5.02 Å². The maximum atomic E-state index is 12.5. The van der Waals surface area contributed by atoms with E-state index in [-0.39, 0.29) is 36.5 Å². The minimum Gasteiger partial charge on any atom is -0.475 e. The van der Waals surface area contributed by atoms with Crippen LogP contribution in [-0.2, 0) is 11.0 Å². The summed E-state index contributed by atoms with van der Waals surface area (Å²) in [6.45, 7) is 4.20. The highest BCUT2D eigenvalue weighted by atomic mass is 35.5. The predicted octanol–water partition coefficient (Wildman–Crippen LogP) is 3.01. The normalized spacial score (nSPS) is 12.1. The smallest absolute Gasteiger partial charge is 0.417 e. The molecule has 0 spiro atoms. The second-order valence-electron chi connectivity index (χ2n) is 5.30. The molecule has 0 fully saturated rings. The Labute approximate surface area is 143 Å². The molecule has 0 aromatic carbocycles. The van der Waals surface area contributed by atoms with Gasteiger partial charge in [-0.1, -0.05) is 25.4 Å². The van der Waals surface area contributed by atoms with Gasteiger partial charge in [0.15, 0.2) is 0 Å². The highest BCUT2D eigenvalue weighted by molar-refractivity contribution is 6.31. The van der Waals surface area contributed by atoms with Gasteiger partial charge in [0, 0.05) is 12.7 Å². The summed E-state index contributed by atoms with van der Waals surface area (Å²) in [6.07, 6.45) is -2.65. The number of nitrogens with zero attached hydrogens (tertiary/aromatic N) is 1. The number of hydrogen-bond acceptors (Lipinski definition) is 4. The molecule has 0 atom stereocenters. The van der Waals surface area contributed by atoms with Crippen molar-refractivity contribution in [3.63, 3.8) is 0 Å². The van der Waals surface area contributed by atoms with Crippen molar-refractivity contribution >= 4 is 17.5 Å². The molecule has 9 heteroatoms. The molecule has 0 saturated heterocycles. The topological polar surface area (TPSA) is 77.2 Å². The third-order valence-electron chi connectivity index (χ3n) is 3.99. The van der Waals surface area contributed by atoms with E-state index in [2.05, 4.69) is 10.3 Å². The zero-order valence-electron chi connectivity index (χ0n) is 13.5. The van der Waals surface area contributed by atoms with Crippen molar-refractivity contribution in [1.29, 1.82) is 0 Å². The zero-order valence-corrected chi connectivity index (χ0v) is 14.3. The van der Waals surface area contributed by atoms with Gasteiger partial charge < -0.3 is 15.8 Å². The second kappa shape index (κ2) is 8.53. The van der Waals surface area contributed by atoms with Crippen molar-refractivity contribution < 1.29 is 22.7 Å². The standard InChI is InChI=1S/C15H21ClF3N3O2/c1-3-14(4-2,9-20)13(23)21-5-6-24-12-11(16)7-10(8-22-12)15(17,18)19/h7-8H,3-6,9,20H2,1-2H3,(H,21,23). The molecule has 1 aromatic heterocycles. The molecule has 1 amide bonds. The number of carbonyl (C=O) groups is 1. The molecular weight excluding hydrogens is 347 g/mol. The molecule has 136 valence electrons. The molecule has 0 aliphatic carbocycles. The Balaban J connectivity index is 2.56. The highest BCUT2D eigenvalue weighted by Gasteiger charge is 2.33. The van der Waals surface area contributed by atoms with Crippen LogP contribution in [0.3, 0.4) is 0 Å². The third-order valence-corrected chi connectivity index (χ3v) is 4.26. The summed E-state index contributed by atoms with van der Waals surface area (Å²) < 4.78 is 42.7. The van der Waals surface area contributed by atoms with E-state index in [9.17, 15) is 18.0 Å². The molecule has 3 N–H and O–H groups in total. The Morgan fingerprint density at radius 3 is 2.46 bits per heavy atom. The van der Waals surface area contributed by atoms with Crippen molar-refractivity contribution in [2.24, 2.45) is 11.1 Å². The van der Waals surface area contributed by atoms with E-state index in [0.717, 1.165) is 6.07 Å². The van der Waals surface area contributed by atoms with Crippen LogP contribution in [0, 0.1) is 5.41 Å². The van der Waals surface area contributed by atoms with E-state index in [1.165, 1.54) is 0 Å². The van der Waals surface area contributed by atoms with Gasteiger partial charge in [-0.25, -0.2) is 4.98 Å². The van der Waals surface area contributed by atoms with Crippen molar-refractivity contribution in [3.05, 3.63) is 22.8 Å². The Kier molecular flexibility index (Phi) is 7.28. The first-order valence-corrected chi connectivity index (χ1v) is 7.92. The summed E-state index contributed by atoms with van der Waals surface area (Å²) >= 11 is 5.73. The minimum atomic E-state index is -4.52. The lowest BCUT2D eigenvalue weighted by Gasteiger charge is -2.28. The van der Waals surface area contributed by atoms with Gasteiger partial charge in [0.1, 0.15) is 11.6 Å². The van der Waals surface area contributed by atoms with E-state index in [1.54, 1.807) is 0 Å². The average molecular weight is 368 g/mol. The number of ether oxygens (including phenoxy) is 1. The number of nitrogens with one attached hydrogen (secondary N) is 1.